The number of nitrogens with zero attached hydrogens (tertiary/aromatic N) is 1. The van der Waals surface area contributed by atoms with E-state index in [1.165, 1.54) is 18.2 Å². The lowest BCUT2D eigenvalue weighted by atomic mass is 10.2. The molecule has 2 aromatic rings. The molecule has 0 unspecified atom stereocenters. The molecule has 1 heterocycles. The highest BCUT2D eigenvalue weighted by Gasteiger charge is 2.53. The number of rotatable bonds is 2. The second kappa shape index (κ2) is 4.62. The van der Waals surface area contributed by atoms with Crippen LogP contribution in [0.3, 0.4) is 0 Å². The Morgan fingerprint density at radius 2 is 2.05 bits per heavy atom. The number of thiophene rings is 1. The van der Waals surface area contributed by atoms with E-state index >= 15 is 0 Å². The number of hydrogen-bond acceptors (Lipinski definition) is 3. The molecule has 9 heteroatoms. The van der Waals surface area contributed by atoms with Crippen LogP contribution >= 0.6 is 34.9 Å². The highest BCUT2D eigenvalue weighted by Crippen LogP contribution is 2.63. The van der Waals surface area contributed by atoms with Gasteiger partial charge in [0.15, 0.2) is 0 Å². The molecule has 0 saturated carbocycles. The van der Waals surface area contributed by atoms with Gasteiger partial charge in [-0.2, -0.15) is 14.0 Å². The van der Waals surface area contributed by atoms with Gasteiger partial charge in [-0.15, -0.1) is 11.3 Å². The van der Waals surface area contributed by atoms with E-state index in [2.05, 4.69) is 15.9 Å². The van der Waals surface area contributed by atoms with Gasteiger partial charge in [-0.3, -0.25) is 4.57 Å². The molecule has 1 aromatic carbocycles. The molecule has 0 amide bonds. The summed E-state index contributed by atoms with van der Waals surface area (Å²) in [5.41, 5.74) is -4.11. The summed E-state index contributed by atoms with van der Waals surface area (Å²) in [7, 11) is -5.63. The fourth-order valence-corrected chi connectivity index (χ4v) is 4.51. The largest absolute Gasteiger partial charge is 0.400 e. The van der Waals surface area contributed by atoms with Crippen molar-refractivity contribution in [1.82, 2.24) is 0 Å². The monoisotopic (exact) mass is 367 g/mol. The third kappa shape index (κ3) is 2.22. The standard InChI is InChI=1S/C10H5BrF2NO3PS/c11-7-6-3-1-2-5(4-14)8(6)19-9(7)10(12,13)18(15,16)17/h1-3H,(H2,15,16,17). The lowest BCUT2D eigenvalue weighted by Gasteiger charge is -2.16. The second-order valence-electron chi connectivity index (χ2n) is 3.62. The summed E-state index contributed by atoms with van der Waals surface area (Å²) in [6.45, 7) is 0. The normalized spacial score (nSPS) is 12.6. The molecule has 0 bridgehead atoms. The van der Waals surface area contributed by atoms with Crippen molar-refractivity contribution in [2.24, 2.45) is 0 Å². The van der Waals surface area contributed by atoms with Crippen LogP contribution in [0.5, 0.6) is 0 Å². The molecule has 2 rings (SSSR count). The van der Waals surface area contributed by atoms with E-state index in [0.29, 0.717) is 16.7 Å². The Morgan fingerprint density at radius 1 is 1.42 bits per heavy atom. The quantitative estimate of drug-likeness (QED) is 0.791. The average molecular weight is 368 g/mol. The Labute approximate surface area is 118 Å². The fraction of sp³-hybridized carbons (Fsp3) is 0.100. The van der Waals surface area contributed by atoms with Crippen molar-refractivity contribution in [3.63, 3.8) is 0 Å². The highest BCUT2D eigenvalue weighted by atomic mass is 79.9. The minimum absolute atomic E-state index is 0.0991. The van der Waals surface area contributed by atoms with E-state index in [4.69, 9.17) is 15.0 Å². The molecule has 0 aliphatic rings. The molecule has 0 atom stereocenters. The Kier molecular flexibility index (Phi) is 3.54. The topological polar surface area (TPSA) is 81.3 Å². The van der Waals surface area contributed by atoms with E-state index in [9.17, 15) is 13.3 Å². The summed E-state index contributed by atoms with van der Waals surface area (Å²) in [6, 6.07) is 6.31. The fourth-order valence-electron chi connectivity index (χ4n) is 1.50. The van der Waals surface area contributed by atoms with Crippen LogP contribution in [0.25, 0.3) is 10.1 Å². The van der Waals surface area contributed by atoms with Crippen LogP contribution in [0.4, 0.5) is 8.78 Å². The summed E-state index contributed by atoms with van der Waals surface area (Å²) in [5, 5.41) is 9.22. The Bertz CT molecular complexity index is 749. The van der Waals surface area contributed by atoms with Gasteiger partial charge in [-0.25, -0.2) is 0 Å². The summed E-state index contributed by atoms with van der Waals surface area (Å²) in [5.74, 6) is 0. The Balaban J connectivity index is 2.82. The minimum atomic E-state index is -5.63. The third-order valence-electron chi connectivity index (χ3n) is 2.41. The van der Waals surface area contributed by atoms with Crippen LogP contribution in [0, 0.1) is 11.3 Å². The van der Waals surface area contributed by atoms with Crippen LogP contribution in [0.15, 0.2) is 22.7 Å². The van der Waals surface area contributed by atoms with Crippen LogP contribution in [-0.4, -0.2) is 9.79 Å². The first-order chi connectivity index (χ1) is 8.70. The first kappa shape index (κ1) is 14.6. The van der Waals surface area contributed by atoms with Gasteiger partial charge in [-0.1, -0.05) is 12.1 Å². The van der Waals surface area contributed by atoms with Crippen LogP contribution in [0.2, 0.25) is 0 Å². The molecular formula is C10H5BrF2NO3PS. The van der Waals surface area contributed by atoms with Gasteiger partial charge in [-0.05, 0) is 22.0 Å². The van der Waals surface area contributed by atoms with E-state index in [1.807, 2.05) is 6.07 Å². The number of benzene rings is 1. The van der Waals surface area contributed by atoms with E-state index in [1.54, 1.807) is 0 Å². The van der Waals surface area contributed by atoms with Crippen molar-refractivity contribution in [2.75, 3.05) is 0 Å². The molecule has 2 N–H and O–H groups in total. The zero-order chi connectivity index (χ0) is 14.4. The minimum Gasteiger partial charge on any atom is -0.320 e. The predicted molar refractivity (Wildman–Crippen MR) is 70.2 cm³/mol. The first-order valence-electron chi connectivity index (χ1n) is 4.75. The summed E-state index contributed by atoms with van der Waals surface area (Å²) in [4.78, 5) is 16.7. The summed E-state index contributed by atoms with van der Waals surface area (Å²) < 4.78 is 38.5. The van der Waals surface area contributed by atoms with Crippen molar-refractivity contribution >= 4 is 44.9 Å². The van der Waals surface area contributed by atoms with E-state index in [-0.39, 0.29) is 14.7 Å². The lowest BCUT2D eigenvalue weighted by molar-refractivity contribution is 0.0595. The zero-order valence-electron chi connectivity index (χ0n) is 8.97. The molecular weight excluding hydrogens is 363 g/mol. The van der Waals surface area contributed by atoms with Crippen LogP contribution < -0.4 is 0 Å². The molecule has 0 radical (unpaired) electrons. The van der Waals surface area contributed by atoms with Gasteiger partial charge in [0.05, 0.1) is 10.3 Å². The van der Waals surface area contributed by atoms with Crippen molar-refractivity contribution in [3.8, 4) is 6.07 Å². The molecule has 1 aromatic heterocycles. The molecule has 19 heavy (non-hydrogen) atoms. The van der Waals surface area contributed by atoms with Crippen LogP contribution in [-0.2, 0) is 10.2 Å². The van der Waals surface area contributed by atoms with Crippen molar-refractivity contribution in [2.45, 2.75) is 5.66 Å². The van der Waals surface area contributed by atoms with E-state index < -0.39 is 18.1 Å². The van der Waals surface area contributed by atoms with Gasteiger partial charge < -0.3 is 9.79 Å². The van der Waals surface area contributed by atoms with Crippen LogP contribution in [0.1, 0.15) is 10.4 Å². The molecule has 100 valence electrons. The average Bonchev–Trinajstić information content (AvgIpc) is 2.66. The van der Waals surface area contributed by atoms with Crippen molar-refractivity contribution in [1.29, 1.82) is 5.26 Å². The van der Waals surface area contributed by atoms with Crippen molar-refractivity contribution in [3.05, 3.63) is 33.1 Å². The maximum absolute atomic E-state index is 13.7. The van der Waals surface area contributed by atoms with Crippen molar-refractivity contribution < 1.29 is 23.1 Å². The molecule has 0 fully saturated rings. The molecule has 0 aliphatic heterocycles. The zero-order valence-corrected chi connectivity index (χ0v) is 12.3. The lowest BCUT2D eigenvalue weighted by Crippen LogP contribution is -2.12. The number of nitriles is 1. The van der Waals surface area contributed by atoms with Gasteiger partial charge in [0.25, 0.3) is 0 Å². The number of fused-ring (bicyclic) bond motifs is 1. The van der Waals surface area contributed by atoms with Gasteiger partial charge in [0, 0.05) is 9.86 Å². The van der Waals surface area contributed by atoms with E-state index in [0.717, 1.165) is 0 Å². The number of hydrogen-bond donors (Lipinski definition) is 2. The molecule has 0 spiro atoms. The highest BCUT2D eigenvalue weighted by molar-refractivity contribution is 9.10. The Morgan fingerprint density at radius 3 is 2.58 bits per heavy atom. The van der Waals surface area contributed by atoms with Gasteiger partial charge >= 0.3 is 13.3 Å². The number of alkyl halides is 2. The Hall–Kier alpha value is -0.840. The summed E-state index contributed by atoms with van der Waals surface area (Å²) >= 11 is 3.42. The second-order valence-corrected chi connectivity index (χ2v) is 7.09. The maximum Gasteiger partial charge on any atom is 0.400 e. The van der Waals surface area contributed by atoms with Gasteiger partial charge in [0.1, 0.15) is 10.9 Å². The number of halogens is 3. The summed E-state index contributed by atoms with van der Waals surface area (Å²) in [6.07, 6.45) is 0. The predicted octanol–water partition coefficient (Wildman–Crippen LogP) is 3.76. The van der Waals surface area contributed by atoms with Gasteiger partial charge in [0.2, 0.25) is 0 Å². The molecule has 0 aliphatic carbocycles. The maximum atomic E-state index is 13.7. The smallest absolute Gasteiger partial charge is 0.320 e. The SMILES string of the molecule is N#Cc1cccc2c(Br)c(C(F)(F)P(=O)(O)O)sc12. The molecule has 4 nitrogen and oxygen atoms in total. The molecule has 0 saturated heterocycles. The third-order valence-corrected chi connectivity index (χ3v) is 5.92. The first-order valence-corrected chi connectivity index (χ1v) is 7.97.